The molecule has 1 amide bonds. The van der Waals surface area contributed by atoms with Gasteiger partial charge >= 0.3 is 0 Å². The van der Waals surface area contributed by atoms with Gasteiger partial charge in [0, 0.05) is 17.1 Å². The topological polar surface area (TPSA) is 38.3 Å². The molecule has 0 saturated carbocycles. The van der Waals surface area contributed by atoms with Crippen molar-refractivity contribution in [2.24, 2.45) is 0 Å². The molecule has 1 aliphatic rings. The summed E-state index contributed by atoms with van der Waals surface area (Å²) in [7, 11) is 0. The van der Waals surface area contributed by atoms with E-state index in [0.29, 0.717) is 35.2 Å². The van der Waals surface area contributed by atoms with Crippen molar-refractivity contribution >= 4 is 34.8 Å². The molecular formula is C19H19Cl2NO2. The van der Waals surface area contributed by atoms with Crippen LogP contribution in [0.3, 0.4) is 0 Å². The summed E-state index contributed by atoms with van der Waals surface area (Å²) in [6, 6.07) is 11.3. The number of aryl methyl sites for hydroxylation is 2. The van der Waals surface area contributed by atoms with E-state index in [-0.39, 0.29) is 5.91 Å². The third kappa shape index (κ3) is 4.43. The molecule has 5 heteroatoms. The minimum atomic E-state index is -0.00116. The summed E-state index contributed by atoms with van der Waals surface area (Å²) in [5, 5.41) is 4.00. The number of nitrogens with one attached hydrogen (secondary N) is 1. The number of carbonyl (C=O) groups is 1. The molecule has 0 fully saturated rings. The van der Waals surface area contributed by atoms with Crippen molar-refractivity contribution < 1.29 is 9.53 Å². The molecule has 0 radical (unpaired) electrons. The Balaban J connectivity index is 1.42. The molecule has 3 rings (SSSR count). The third-order valence-electron chi connectivity index (χ3n) is 4.08. The van der Waals surface area contributed by atoms with Gasteiger partial charge in [-0.2, -0.15) is 0 Å². The van der Waals surface area contributed by atoms with Crippen molar-refractivity contribution in [2.45, 2.75) is 32.1 Å². The van der Waals surface area contributed by atoms with Gasteiger partial charge in [-0.25, -0.2) is 0 Å². The zero-order valence-electron chi connectivity index (χ0n) is 13.3. The van der Waals surface area contributed by atoms with Crippen LogP contribution in [-0.4, -0.2) is 12.5 Å². The maximum atomic E-state index is 12.0. The van der Waals surface area contributed by atoms with E-state index in [2.05, 4.69) is 17.4 Å². The van der Waals surface area contributed by atoms with E-state index in [9.17, 15) is 4.79 Å². The first kappa shape index (κ1) is 17.1. The molecule has 0 atom stereocenters. The average Bonchev–Trinajstić information content (AvgIpc) is 3.01. The zero-order chi connectivity index (χ0) is 16.9. The first-order chi connectivity index (χ1) is 11.6. The molecule has 0 bridgehead atoms. The monoisotopic (exact) mass is 363 g/mol. The normalized spacial score (nSPS) is 12.8. The number of anilines is 1. The Bertz CT molecular complexity index is 746. The quantitative estimate of drug-likeness (QED) is 0.709. The molecular weight excluding hydrogens is 345 g/mol. The molecule has 0 aromatic heterocycles. The van der Waals surface area contributed by atoms with Crippen LogP contribution in [0.1, 0.15) is 30.4 Å². The maximum absolute atomic E-state index is 12.0. The minimum Gasteiger partial charge on any atom is -0.492 e. The smallest absolute Gasteiger partial charge is 0.224 e. The highest BCUT2D eigenvalue weighted by molar-refractivity contribution is 6.35. The van der Waals surface area contributed by atoms with Gasteiger partial charge in [0.05, 0.1) is 11.6 Å². The van der Waals surface area contributed by atoms with Gasteiger partial charge in [0.1, 0.15) is 5.75 Å². The third-order valence-corrected chi connectivity index (χ3v) is 4.61. The molecule has 0 spiro atoms. The van der Waals surface area contributed by atoms with E-state index in [0.717, 1.165) is 18.5 Å². The van der Waals surface area contributed by atoms with E-state index in [1.165, 1.54) is 17.5 Å². The molecule has 0 unspecified atom stereocenters. The lowest BCUT2D eigenvalue weighted by atomic mass is 10.1. The highest BCUT2D eigenvalue weighted by Gasteiger charge is 2.11. The molecule has 2 aromatic rings. The second-order valence-electron chi connectivity index (χ2n) is 5.91. The lowest BCUT2D eigenvalue weighted by Crippen LogP contribution is -2.13. The number of benzene rings is 2. The van der Waals surface area contributed by atoms with Crippen LogP contribution in [0.5, 0.6) is 5.75 Å². The fourth-order valence-corrected chi connectivity index (χ4v) is 3.34. The number of fused-ring (bicyclic) bond motifs is 1. The molecule has 0 heterocycles. The van der Waals surface area contributed by atoms with Crippen LogP contribution in [-0.2, 0) is 17.6 Å². The number of hydrogen-bond acceptors (Lipinski definition) is 2. The van der Waals surface area contributed by atoms with Crippen molar-refractivity contribution in [3.05, 3.63) is 57.6 Å². The van der Waals surface area contributed by atoms with E-state index in [1.807, 2.05) is 6.07 Å². The summed E-state index contributed by atoms with van der Waals surface area (Å²) in [6.45, 7) is 0.430. The largest absolute Gasteiger partial charge is 0.492 e. The molecule has 2 aromatic carbocycles. The number of amides is 1. The Morgan fingerprint density at radius 3 is 2.75 bits per heavy atom. The predicted molar refractivity (Wildman–Crippen MR) is 98.3 cm³/mol. The van der Waals surface area contributed by atoms with Crippen LogP contribution < -0.4 is 10.1 Å². The van der Waals surface area contributed by atoms with Crippen molar-refractivity contribution in [3.63, 3.8) is 0 Å². The van der Waals surface area contributed by atoms with Crippen LogP contribution in [0.25, 0.3) is 0 Å². The van der Waals surface area contributed by atoms with Crippen molar-refractivity contribution in [2.75, 3.05) is 11.9 Å². The predicted octanol–water partition coefficient (Wildman–Crippen LogP) is 5.28. The molecule has 0 aliphatic heterocycles. The fourth-order valence-electron chi connectivity index (χ4n) is 2.88. The highest BCUT2D eigenvalue weighted by Crippen LogP contribution is 2.28. The van der Waals surface area contributed by atoms with Crippen molar-refractivity contribution in [1.29, 1.82) is 0 Å². The van der Waals surface area contributed by atoms with Crippen LogP contribution in [0.2, 0.25) is 10.0 Å². The Morgan fingerprint density at radius 2 is 1.92 bits per heavy atom. The highest BCUT2D eigenvalue weighted by atomic mass is 35.5. The Labute approximate surface area is 151 Å². The van der Waals surface area contributed by atoms with E-state index >= 15 is 0 Å². The second kappa shape index (κ2) is 7.91. The zero-order valence-corrected chi connectivity index (χ0v) is 14.8. The number of hydrogen-bond donors (Lipinski definition) is 1. The van der Waals surface area contributed by atoms with Gasteiger partial charge in [-0.15, -0.1) is 0 Å². The van der Waals surface area contributed by atoms with Gasteiger partial charge in [0.25, 0.3) is 0 Å². The summed E-state index contributed by atoms with van der Waals surface area (Å²) < 4.78 is 5.58. The van der Waals surface area contributed by atoms with Gasteiger partial charge in [-0.3, -0.25) is 4.79 Å². The molecule has 1 N–H and O–H groups in total. The summed E-state index contributed by atoms with van der Waals surface area (Å²) >= 11 is 11.9. The SMILES string of the molecule is O=C(CCCOc1ccc(Cl)cc1Cl)Nc1ccc2c(c1)CCC2. The number of carbonyl (C=O) groups excluding carboxylic acids is 1. The van der Waals surface area contributed by atoms with Crippen LogP contribution >= 0.6 is 23.2 Å². The van der Waals surface area contributed by atoms with E-state index < -0.39 is 0 Å². The molecule has 126 valence electrons. The number of halogens is 2. The van der Waals surface area contributed by atoms with Gasteiger partial charge in [-0.1, -0.05) is 29.3 Å². The molecule has 24 heavy (non-hydrogen) atoms. The second-order valence-corrected chi connectivity index (χ2v) is 6.76. The Kier molecular flexibility index (Phi) is 5.64. The Morgan fingerprint density at radius 1 is 1.08 bits per heavy atom. The van der Waals surface area contributed by atoms with Crippen LogP contribution in [0.4, 0.5) is 5.69 Å². The van der Waals surface area contributed by atoms with Crippen LogP contribution in [0, 0.1) is 0 Å². The average molecular weight is 364 g/mol. The van der Waals surface area contributed by atoms with Gasteiger partial charge < -0.3 is 10.1 Å². The summed E-state index contributed by atoms with van der Waals surface area (Å²) in [6.07, 6.45) is 4.48. The lowest BCUT2D eigenvalue weighted by molar-refractivity contribution is -0.116. The summed E-state index contributed by atoms with van der Waals surface area (Å²) in [5.41, 5.74) is 3.64. The van der Waals surface area contributed by atoms with Crippen LogP contribution in [0.15, 0.2) is 36.4 Å². The molecule has 3 nitrogen and oxygen atoms in total. The Hall–Kier alpha value is -1.71. The van der Waals surface area contributed by atoms with E-state index in [4.69, 9.17) is 27.9 Å². The molecule has 0 saturated heterocycles. The van der Waals surface area contributed by atoms with Crippen molar-refractivity contribution in [1.82, 2.24) is 0 Å². The summed E-state index contributed by atoms with van der Waals surface area (Å²) in [5.74, 6) is 0.582. The lowest BCUT2D eigenvalue weighted by Gasteiger charge is -2.09. The number of rotatable bonds is 6. The minimum absolute atomic E-state index is 0.00116. The molecule has 1 aliphatic carbocycles. The van der Waals surface area contributed by atoms with Crippen molar-refractivity contribution in [3.8, 4) is 5.75 Å². The first-order valence-corrected chi connectivity index (χ1v) is 8.87. The maximum Gasteiger partial charge on any atom is 0.224 e. The van der Waals surface area contributed by atoms with Gasteiger partial charge in [0.2, 0.25) is 5.91 Å². The first-order valence-electron chi connectivity index (χ1n) is 8.11. The standard InChI is InChI=1S/C19H19Cl2NO2/c20-15-7-9-18(17(21)12-15)24-10-2-5-19(23)22-16-8-6-13-3-1-4-14(13)11-16/h6-9,11-12H,1-5,10H2,(H,22,23). The van der Waals surface area contributed by atoms with Gasteiger partial charge in [-0.05, 0) is 67.1 Å². The van der Waals surface area contributed by atoms with E-state index in [1.54, 1.807) is 18.2 Å². The summed E-state index contributed by atoms with van der Waals surface area (Å²) in [4.78, 5) is 12.0. The van der Waals surface area contributed by atoms with Gasteiger partial charge in [0.15, 0.2) is 0 Å². The fraction of sp³-hybridized carbons (Fsp3) is 0.316. The number of ether oxygens (including phenoxy) is 1.